The first-order valence-corrected chi connectivity index (χ1v) is 3.96. The van der Waals surface area contributed by atoms with E-state index in [-0.39, 0.29) is 5.56 Å². The Labute approximate surface area is 82.7 Å². The lowest BCUT2D eigenvalue weighted by Crippen LogP contribution is -2.06. The molecule has 2 nitrogen and oxygen atoms in total. The van der Waals surface area contributed by atoms with Crippen LogP contribution in [0.15, 0.2) is 6.20 Å². The van der Waals surface area contributed by atoms with Crippen molar-refractivity contribution in [1.29, 1.82) is 0 Å². The van der Waals surface area contributed by atoms with Gasteiger partial charge in [-0.3, -0.25) is 4.79 Å². The number of alkyl halides is 2. The lowest BCUT2D eigenvalue weighted by Gasteiger charge is -2.08. The summed E-state index contributed by atoms with van der Waals surface area (Å²) in [4.78, 5) is 13.9. The van der Waals surface area contributed by atoms with Crippen molar-refractivity contribution in [2.45, 2.75) is 13.3 Å². The Bertz CT molecular complexity index is 381. The number of pyridine rings is 1. The van der Waals surface area contributed by atoms with Crippen molar-refractivity contribution in [3.63, 3.8) is 0 Å². The summed E-state index contributed by atoms with van der Waals surface area (Å²) in [6, 6.07) is 0. The van der Waals surface area contributed by atoms with Crippen LogP contribution < -0.4 is 0 Å². The Morgan fingerprint density at radius 1 is 1.57 bits per heavy atom. The van der Waals surface area contributed by atoms with Gasteiger partial charge in [0.25, 0.3) is 11.7 Å². The second-order valence-electron chi connectivity index (χ2n) is 2.57. The second-order valence-corrected chi connectivity index (χ2v) is 2.91. The molecule has 1 heterocycles. The Balaban J connectivity index is 3.45. The van der Waals surface area contributed by atoms with E-state index in [0.29, 0.717) is 6.20 Å². The fourth-order valence-corrected chi connectivity index (χ4v) is 1.17. The third-order valence-electron chi connectivity index (χ3n) is 1.73. The van der Waals surface area contributed by atoms with Crippen LogP contribution in [0.1, 0.15) is 28.0 Å². The monoisotopic (exact) mass is 223 g/mol. The Hall–Kier alpha value is -1.10. The van der Waals surface area contributed by atoms with E-state index in [1.165, 1.54) is 0 Å². The Morgan fingerprint density at radius 2 is 2.14 bits per heavy atom. The smallest absolute Gasteiger partial charge is 0.271 e. The zero-order valence-corrected chi connectivity index (χ0v) is 7.78. The Morgan fingerprint density at radius 3 is 2.57 bits per heavy atom. The van der Waals surface area contributed by atoms with Crippen molar-refractivity contribution >= 4 is 16.8 Å². The first-order valence-electron chi connectivity index (χ1n) is 3.58. The van der Waals surface area contributed by atoms with Crippen LogP contribution in [0.3, 0.4) is 0 Å². The number of carbonyl (C=O) groups excluding carboxylic acids is 1. The summed E-state index contributed by atoms with van der Waals surface area (Å²) >= 11 is 5.02. The molecule has 0 saturated carbocycles. The molecule has 0 N–H and O–H groups in total. The van der Waals surface area contributed by atoms with Gasteiger partial charge in [0.2, 0.25) is 0 Å². The SMILES string of the molecule is Cc1c(F)cnc(C(=O)Cl)c1C(F)F. The van der Waals surface area contributed by atoms with Gasteiger partial charge < -0.3 is 0 Å². The van der Waals surface area contributed by atoms with E-state index in [2.05, 4.69) is 4.98 Å². The van der Waals surface area contributed by atoms with Crippen molar-refractivity contribution in [3.05, 3.63) is 28.8 Å². The van der Waals surface area contributed by atoms with Gasteiger partial charge in [-0.2, -0.15) is 0 Å². The number of rotatable bonds is 2. The van der Waals surface area contributed by atoms with Crippen molar-refractivity contribution in [3.8, 4) is 0 Å². The van der Waals surface area contributed by atoms with E-state index in [0.717, 1.165) is 6.92 Å². The number of halogens is 4. The van der Waals surface area contributed by atoms with E-state index < -0.39 is 28.7 Å². The molecule has 0 spiro atoms. The standard InChI is InChI=1S/C8H5ClF3NO/c1-3-4(10)2-13-6(7(9)14)5(3)8(11)12/h2,8H,1H3. The molecular weight excluding hydrogens is 219 g/mol. The average Bonchev–Trinajstić information content (AvgIpc) is 2.08. The van der Waals surface area contributed by atoms with Crippen LogP contribution in [0.25, 0.3) is 0 Å². The summed E-state index contributed by atoms with van der Waals surface area (Å²) in [7, 11) is 0. The number of nitrogens with zero attached hydrogens (tertiary/aromatic N) is 1. The van der Waals surface area contributed by atoms with E-state index in [1.54, 1.807) is 0 Å². The summed E-state index contributed by atoms with van der Waals surface area (Å²) in [5, 5.41) is -1.12. The number of carbonyl (C=O) groups is 1. The molecule has 0 aliphatic carbocycles. The highest BCUT2D eigenvalue weighted by molar-refractivity contribution is 6.67. The van der Waals surface area contributed by atoms with E-state index in [4.69, 9.17) is 11.6 Å². The molecule has 6 heteroatoms. The van der Waals surface area contributed by atoms with Crippen molar-refractivity contribution in [1.82, 2.24) is 4.98 Å². The van der Waals surface area contributed by atoms with Gasteiger partial charge >= 0.3 is 0 Å². The van der Waals surface area contributed by atoms with Crippen molar-refractivity contribution in [2.75, 3.05) is 0 Å². The van der Waals surface area contributed by atoms with Gasteiger partial charge in [0.15, 0.2) is 0 Å². The molecule has 0 aliphatic rings. The largest absolute Gasteiger partial charge is 0.274 e. The molecule has 1 aromatic heterocycles. The van der Waals surface area contributed by atoms with Gasteiger partial charge in [0, 0.05) is 0 Å². The van der Waals surface area contributed by atoms with Gasteiger partial charge in [0.05, 0.1) is 11.8 Å². The topological polar surface area (TPSA) is 30.0 Å². The molecule has 0 aromatic carbocycles. The second kappa shape index (κ2) is 3.96. The Kier molecular flexibility index (Phi) is 3.10. The van der Waals surface area contributed by atoms with Crippen LogP contribution >= 0.6 is 11.6 Å². The van der Waals surface area contributed by atoms with Crippen molar-refractivity contribution in [2.24, 2.45) is 0 Å². The molecule has 0 radical (unpaired) electrons. The van der Waals surface area contributed by atoms with Crippen LogP contribution in [0.5, 0.6) is 0 Å². The molecule has 0 atom stereocenters. The predicted molar refractivity (Wildman–Crippen MR) is 44.1 cm³/mol. The predicted octanol–water partition coefficient (Wildman–Crippen LogP) is 2.85. The van der Waals surface area contributed by atoms with Gasteiger partial charge in [-0.15, -0.1) is 0 Å². The summed E-state index contributed by atoms with van der Waals surface area (Å²) in [6.07, 6.45) is -2.28. The quantitative estimate of drug-likeness (QED) is 0.722. The molecule has 0 fully saturated rings. The first kappa shape index (κ1) is 11.0. The molecule has 0 saturated heterocycles. The van der Waals surface area contributed by atoms with Gasteiger partial charge in [-0.1, -0.05) is 0 Å². The normalized spacial score (nSPS) is 10.7. The maximum atomic E-state index is 12.8. The highest BCUT2D eigenvalue weighted by atomic mass is 35.5. The van der Waals surface area contributed by atoms with Crippen LogP contribution in [0.4, 0.5) is 13.2 Å². The number of hydrogen-bond donors (Lipinski definition) is 0. The number of hydrogen-bond acceptors (Lipinski definition) is 2. The lowest BCUT2D eigenvalue weighted by atomic mass is 10.1. The molecule has 1 aromatic rings. The zero-order valence-electron chi connectivity index (χ0n) is 7.02. The van der Waals surface area contributed by atoms with Gasteiger partial charge in [-0.25, -0.2) is 18.2 Å². The fourth-order valence-electron chi connectivity index (χ4n) is 1.02. The third-order valence-corrected chi connectivity index (χ3v) is 1.91. The molecule has 0 aliphatic heterocycles. The molecule has 0 unspecified atom stereocenters. The fraction of sp³-hybridized carbons (Fsp3) is 0.250. The maximum absolute atomic E-state index is 12.8. The van der Waals surface area contributed by atoms with E-state index in [1.807, 2.05) is 0 Å². The summed E-state index contributed by atoms with van der Waals surface area (Å²) in [5.41, 5.74) is -1.65. The minimum Gasteiger partial charge on any atom is -0.274 e. The van der Waals surface area contributed by atoms with Crippen LogP contribution in [0.2, 0.25) is 0 Å². The van der Waals surface area contributed by atoms with Gasteiger partial charge in [-0.05, 0) is 24.1 Å². The molecule has 14 heavy (non-hydrogen) atoms. The van der Waals surface area contributed by atoms with Crippen molar-refractivity contribution < 1.29 is 18.0 Å². The minimum atomic E-state index is -2.98. The summed E-state index contributed by atoms with van der Waals surface area (Å²) < 4.78 is 37.7. The first-order chi connectivity index (χ1) is 6.45. The minimum absolute atomic E-state index is 0.306. The van der Waals surface area contributed by atoms with E-state index in [9.17, 15) is 18.0 Å². The van der Waals surface area contributed by atoms with E-state index >= 15 is 0 Å². The maximum Gasteiger partial charge on any atom is 0.271 e. The molecule has 1 rings (SSSR count). The molecule has 76 valence electrons. The third kappa shape index (κ3) is 1.87. The molecule has 0 bridgehead atoms. The highest BCUT2D eigenvalue weighted by Crippen LogP contribution is 2.27. The highest BCUT2D eigenvalue weighted by Gasteiger charge is 2.23. The summed E-state index contributed by atoms with van der Waals surface area (Å²) in [5.74, 6) is -0.887. The van der Waals surface area contributed by atoms with Crippen LogP contribution in [0, 0.1) is 12.7 Å². The number of aromatic nitrogens is 1. The van der Waals surface area contributed by atoms with Crippen LogP contribution in [-0.4, -0.2) is 10.2 Å². The van der Waals surface area contributed by atoms with Crippen LogP contribution in [-0.2, 0) is 0 Å². The zero-order chi connectivity index (χ0) is 10.9. The summed E-state index contributed by atoms with van der Waals surface area (Å²) in [6.45, 7) is 1.14. The van der Waals surface area contributed by atoms with Gasteiger partial charge in [0.1, 0.15) is 11.5 Å². The lowest BCUT2D eigenvalue weighted by molar-refractivity contribution is 0.105. The molecular formula is C8H5ClF3NO. The average molecular weight is 224 g/mol. The molecule has 0 amide bonds.